The molecule has 0 aliphatic rings. The first kappa shape index (κ1) is 21.2. The molecule has 0 saturated heterocycles. The van der Waals surface area contributed by atoms with Crippen molar-refractivity contribution in [2.24, 2.45) is 11.7 Å². The lowest BCUT2D eigenvalue weighted by molar-refractivity contribution is -0.118. The van der Waals surface area contributed by atoms with Crippen molar-refractivity contribution in [2.45, 2.75) is 65.7 Å². The lowest BCUT2D eigenvalue weighted by Crippen LogP contribution is -2.15. The Bertz CT molecular complexity index is 822. The Kier molecular flexibility index (Phi) is 7.24. The van der Waals surface area contributed by atoms with Crippen molar-refractivity contribution in [1.29, 1.82) is 0 Å². The molecule has 2 aromatic heterocycles. The minimum absolute atomic E-state index is 0.0885. The first-order chi connectivity index (χ1) is 12.7. The molecule has 0 atom stereocenters. The summed E-state index contributed by atoms with van der Waals surface area (Å²) in [7, 11) is 0. The third-order valence-electron chi connectivity index (χ3n) is 4.46. The predicted molar refractivity (Wildman–Crippen MR) is 107 cm³/mol. The predicted octanol–water partition coefficient (Wildman–Crippen LogP) is 2.77. The van der Waals surface area contributed by atoms with Crippen molar-refractivity contribution in [3.63, 3.8) is 0 Å². The highest BCUT2D eigenvalue weighted by Gasteiger charge is 2.19. The molecule has 7 nitrogen and oxygen atoms in total. The van der Waals surface area contributed by atoms with Crippen molar-refractivity contribution < 1.29 is 9.59 Å². The quantitative estimate of drug-likeness (QED) is 0.496. The van der Waals surface area contributed by atoms with Gasteiger partial charge < -0.3 is 14.9 Å². The molecular formula is C19H29N5O2S. The van der Waals surface area contributed by atoms with Crippen molar-refractivity contribution >= 4 is 23.5 Å². The van der Waals surface area contributed by atoms with Crippen molar-refractivity contribution in [3.05, 3.63) is 28.8 Å². The molecule has 0 bridgehead atoms. The average Bonchev–Trinajstić information content (AvgIpc) is 3.10. The lowest BCUT2D eigenvalue weighted by atomic mass is 10.2. The molecule has 0 aliphatic carbocycles. The molecule has 27 heavy (non-hydrogen) atoms. The number of thioether (sulfide) groups is 1. The Hall–Kier alpha value is -2.09. The zero-order valence-corrected chi connectivity index (χ0v) is 17.6. The topological polar surface area (TPSA) is 95.8 Å². The van der Waals surface area contributed by atoms with Gasteiger partial charge in [0.1, 0.15) is 5.82 Å². The number of aryl methyl sites for hydroxylation is 2. The summed E-state index contributed by atoms with van der Waals surface area (Å²) in [6, 6.07) is 1.96. The van der Waals surface area contributed by atoms with E-state index in [1.165, 1.54) is 11.8 Å². The molecule has 1 amide bonds. The molecule has 0 fully saturated rings. The summed E-state index contributed by atoms with van der Waals surface area (Å²) in [5, 5.41) is 9.16. The van der Waals surface area contributed by atoms with Gasteiger partial charge in [0.15, 0.2) is 10.9 Å². The van der Waals surface area contributed by atoms with Crippen LogP contribution >= 0.6 is 11.8 Å². The second kappa shape index (κ2) is 9.21. The summed E-state index contributed by atoms with van der Waals surface area (Å²) in [5.74, 6) is 1.17. The number of carbonyl (C=O) groups excluding carboxylic acids is 2. The maximum absolute atomic E-state index is 12.7. The van der Waals surface area contributed by atoms with Gasteiger partial charge in [0.25, 0.3) is 0 Å². The summed E-state index contributed by atoms with van der Waals surface area (Å²) in [6.45, 7) is 11.9. The normalized spacial score (nSPS) is 11.3. The van der Waals surface area contributed by atoms with Crippen LogP contribution in [-0.4, -0.2) is 36.8 Å². The van der Waals surface area contributed by atoms with E-state index in [1.807, 2.05) is 24.5 Å². The van der Waals surface area contributed by atoms with Gasteiger partial charge in [-0.25, -0.2) is 0 Å². The number of amides is 1. The largest absolute Gasteiger partial charge is 0.370 e. The van der Waals surface area contributed by atoms with E-state index in [0.29, 0.717) is 23.2 Å². The van der Waals surface area contributed by atoms with Crippen LogP contribution in [0.2, 0.25) is 0 Å². The molecule has 0 saturated carbocycles. The summed E-state index contributed by atoms with van der Waals surface area (Å²) in [5.41, 5.74) is 8.13. The molecular weight excluding hydrogens is 362 g/mol. The molecule has 148 valence electrons. The SMILES string of the molecule is CCn1c(C)cc(C(=O)CSc2nnc(CCC(N)=O)n2CC(C)C)c1C. The van der Waals surface area contributed by atoms with Crippen LogP contribution in [0.4, 0.5) is 0 Å². The minimum Gasteiger partial charge on any atom is -0.370 e. The van der Waals surface area contributed by atoms with Crippen molar-refractivity contribution in [3.8, 4) is 0 Å². The standard InChI is InChI=1S/C19H29N5O2S/c1-6-23-13(4)9-15(14(23)5)16(25)11-27-19-22-21-18(8-7-17(20)26)24(19)10-12(2)3/h9,12H,6-8,10-11H2,1-5H3,(H2,20,26). The Morgan fingerprint density at radius 3 is 2.48 bits per heavy atom. The summed E-state index contributed by atoms with van der Waals surface area (Å²) in [6.07, 6.45) is 0.698. The van der Waals surface area contributed by atoms with Crippen molar-refractivity contribution in [1.82, 2.24) is 19.3 Å². The monoisotopic (exact) mass is 391 g/mol. The number of Topliss-reactive ketones (excluding diaryl/α,β-unsaturated/α-hetero) is 1. The van der Waals surface area contributed by atoms with E-state index in [-0.39, 0.29) is 18.1 Å². The van der Waals surface area contributed by atoms with Crippen LogP contribution < -0.4 is 5.73 Å². The van der Waals surface area contributed by atoms with E-state index in [0.717, 1.165) is 35.9 Å². The number of carbonyl (C=O) groups is 2. The zero-order valence-electron chi connectivity index (χ0n) is 16.8. The Morgan fingerprint density at radius 2 is 1.93 bits per heavy atom. The second-order valence-electron chi connectivity index (χ2n) is 7.11. The third-order valence-corrected chi connectivity index (χ3v) is 5.43. The average molecular weight is 392 g/mol. The molecule has 0 radical (unpaired) electrons. The first-order valence-corrected chi connectivity index (χ1v) is 10.3. The van der Waals surface area contributed by atoms with Gasteiger partial charge in [-0.1, -0.05) is 25.6 Å². The molecule has 8 heteroatoms. The van der Waals surface area contributed by atoms with Gasteiger partial charge in [0.05, 0.1) is 5.75 Å². The first-order valence-electron chi connectivity index (χ1n) is 9.27. The van der Waals surface area contributed by atoms with E-state index in [4.69, 9.17) is 5.73 Å². The molecule has 0 spiro atoms. The zero-order chi connectivity index (χ0) is 20.1. The van der Waals surface area contributed by atoms with Gasteiger partial charge in [-0.15, -0.1) is 10.2 Å². The number of primary amides is 1. The Balaban J connectivity index is 2.14. The molecule has 2 rings (SSSR count). The van der Waals surface area contributed by atoms with Gasteiger partial charge >= 0.3 is 0 Å². The highest BCUT2D eigenvalue weighted by molar-refractivity contribution is 7.99. The number of nitrogens with two attached hydrogens (primary N) is 1. The van der Waals surface area contributed by atoms with Gasteiger partial charge in [-0.3, -0.25) is 9.59 Å². The third kappa shape index (κ3) is 5.22. The number of rotatable bonds is 10. The van der Waals surface area contributed by atoms with E-state index >= 15 is 0 Å². The van der Waals surface area contributed by atoms with Gasteiger partial charge in [-0.2, -0.15) is 0 Å². The number of hydrogen-bond donors (Lipinski definition) is 1. The minimum atomic E-state index is -0.357. The maximum atomic E-state index is 12.7. The van der Waals surface area contributed by atoms with Gasteiger partial charge in [0, 0.05) is 42.9 Å². The summed E-state index contributed by atoms with van der Waals surface area (Å²) >= 11 is 1.39. The van der Waals surface area contributed by atoms with Crippen LogP contribution in [0.1, 0.15) is 54.8 Å². The fraction of sp³-hybridized carbons (Fsp3) is 0.579. The van der Waals surface area contributed by atoms with Crippen LogP contribution in [0.5, 0.6) is 0 Å². The maximum Gasteiger partial charge on any atom is 0.217 e. The highest BCUT2D eigenvalue weighted by atomic mass is 32.2. The van der Waals surface area contributed by atoms with E-state index in [9.17, 15) is 9.59 Å². The van der Waals surface area contributed by atoms with E-state index in [2.05, 4.69) is 35.5 Å². The van der Waals surface area contributed by atoms with Crippen molar-refractivity contribution in [2.75, 3.05) is 5.75 Å². The molecule has 0 aliphatic heterocycles. The fourth-order valence-corrected chi connectivity index (χ4v) is 4.02. The fourth-order valence-electron chi connectivity index (χ4n) is 3.17. The molecule has 0 unspecified atom stereocenters. The van der Waals surface area contributed by atoms with E-state index < -0.39 is 0 Å². The highest BCUT2D eigenvalue weighted by Crippen LogP contribution is 2.23. The number of ketones is 1. The summed E-state index contributed by atoms with van der Waals surface area (Å²) in [4.78, 5) is 23.8. The molecule has 2 N–H and O–H groups in total. The van der Waals surface area contributed by atoms with Gasteiger partial charge in [0.2, 0.25) is 5.91 Å². The van der Waals surface area contributed by atoms with Crippen LogP contribution in [0.25, 0.3) is 0 Å². The second-order valence-corrected chi connectivity index (χ2v) is 8.05. The number of aromatic nitrogens is 4. The molecule has 0 aromatic carbocycles. The molecule has 2 aromatic rings. The number of nitrogens with zero attached hydrogens (tertiary/aromatic N) is 4. The Labute approximate surface area is 164 Å². The lowest BCUT2D eigenvalue weighted by Gasteiger charge is -2.12. The Morgan fingerprint density at radius 1 is 1.22 bits per heavy atom. The van der Waals surface area contributed by atoms with Crippen LogP contribution in [0, 0.1) is 19.8 Å². The van der Waals surface area contributed by atoms with E-state index in [1.54, 1.807) is 0 Å². The number of hydrogen-bond acceptors (Lipinski definition) is 5. The van der Waals surface area contributed by atoms with Gasteiger partial charge in [-0.05, 0) is 32.8 Å². The smallest absolute Gasteiger partial charge is 0.217 e. The van der Waals surface area contributed by atoms with Crippen LogP contribution in [0.15, 0.2) is 11.2 Å². The van der Waals surface area contributed by atoms with Crippen LogP contribution in [0.3, 0.4) is 0 Å². The summed E-state index contributed by atoms with van der Waals surface area (Å²) < 4.78 is 4.14. The molecule has 2 heterocycles. The van der Waals surface area contributed by atoms with Crippen LogP contribution in [-0.2, 0) is 24.3 Å².